The Labute approximate surface area is 157 Å². The highest BCUT2D eigenvalue weighted by molar-refractivity contribution is 8.18. The Hall–Kier alpha value is -2.73. The Morgan fingerprint density at radius 1 is 1.04 bits per heavy atom. The second-order valence-electron chi connectivity index (χ2n) is 5.98. The number of para-hydroxylation sites is 1. The number of rotatable bonds is 6. The van der Waals surface area contributed by atoms with Crippen LogP contribution in [0.2, 0.25) is 0 Å². The lowest BCUT2D eigenvalue weighted by Gasteiger charge is -2.13. The topological polar surface area (TPSA) is 49.9 Å². The first-order valence-corrected chi connectivity index (χ1v) is 9.07. The van der Waals surface area contributed by atoms with Gasteiger partial charge in [0.05, 0.1) is 11.4 Å². The molecule has 6 heteroatoms. The largest absolute Gasteiger partial charge is 0.492 e. The number of carbonyl (C=O) groups is 2. The van der Waals surface area contributed by atoms with E-state index in [9.17, 15) is 9.59 Å². The molecule has 1 fully saturated rings. The van der Waals surface area contributed by atoms with Crippen molar-refractivity contribution in [3.8, 4) is 5.75 Å². The molecule has 0 N–H and O–H groups in total. The van der Waals surface area contributed by atoms with Crippen molar-refractivity contribution in [2.75, 3.05) is 32.1 Å². The van der Waals surface area contributed by atoms with Crippen LogP contribution in [0.4, 0.5) is 10.5 Å². The summed E-state index contributed by atoms with van der Waals surface area (Å²) in [6.07, 6.45) is 1.75. The number of anilines is 1. The maximum atomic E-state index is 12.5. The molecule has 26 heavy (non-hydrogen) atoms. The number of amides is 2. The number of benzene rings is 2. The van der Waals surface area contributed by atoms with Gasteiger partial charge in [-0.3, -0.25) is 14.5 Å². The predicted molar refractivity (Wildman–Crippen MR) is 105 cm³/mol. The van der Waals surface area contributed by atoms with Gasteiger partial charge in [-0.2, -0.15) is 0 Å². The van der Waals surface area contributed by atoms with E-state index >= 15 is 0 Å². The zero-order valence-electron chi connectivity index (χ0n) is 14.7. The van der Waals surface area contributed by atoms with Crippen molar-refractivity contribution < 1.29 is 14.3 Å². The smallest absolute Gasteiger partial charge is 0.293 e. The summed E-state index contributed by atoms with van der Waals surface area (Å²) >= 11 is 0.966. The summed E-state index contributed by atoms with van der Waals surface area (Å²) in [7, 11) is 3.94. The molecule has 0 aliphatic carbocycles. The third kappa shape index (κ3) is 4.26. The third-order valence-corrected chi connectivity index (χ3v) is 4.82. The van der Waals surface area contributed by atoms with E-state index in [1.165, 1.54) is 4.90 Å². The summed E-state index contributed by atoms with van der Waals surface area (Å²) in [5.41, 5.74) is 1.97. The van der Waals surface area contributed by atoms with Crippen LogP contribution in [-0.2, 0) is 4.79 Å². The van der Waals surface area contributed by atoms with Gasteiger partial charge >= 0.3 is 0 Å². The highest BCUT2D eigenvalue weighted by atomic mass is 32.2. The molecule has 0 bridgehead atoms. The fourth-order valence-electron chi connectivity index (χ4n) is 2.48. The minimum absolute atomic E-state index is 0.233. The summed E-state index contributed by atoms with van der Waals surface area (Å²) < 4.78 is 5.57. The van der Waals surface area contributed by atoms with Crippen molar-refractivity contribution in [2.24, 2.45) is 0 Å². The number of thioether (sulfide) groups is 1. The van der Waals surface area contributed by atoms with Gasteiger partial charge in [0.2, 0.25) is 0 Å². The summed E-state index contributed by atoms with van der Waals surface area (Å²) in [6, 6.07) is 17.1. The van der Waals surface area contributed by atoms with Crippen LogP contribution in [0.3, 0.4) is 0 Å². The summed E-state index contributed by atoms with van der Waals surface area (Å²) in [4.78, 5) is 28.3. The molecule has 1 heterocycles. The van der Waals surface area contributed by atoms with Gasteiger partial charge in [0.25, 0.3) is 11.1 Å². The Morgan fingerprint density at radius 2 is 1.73 bits per heavy atom. The molecule has 134 valence electrons. The first-order valence-electron chi connectivity index (χ1n) is 8.25. The van der Waals surface area contributed by atoms with E-state index in [0.717, 1.165) is 28.8 Å². The van der Waals surface area contributed by atoms with Gasteiger partial charge in [-0.15, -0.1) is 0 Å². The van der Waals surface area contributed by atoms with Crippen LogP contribution < -0.4 is 9.64 Å². The molecule has 0 radical (unpaired) electrons. The Morgan fingerprint density at radius 3 is 2.38 bits per heavy atom. The molecule has 3 rings (SSSR count). The lowest BCUT2D eigenvalue weighted by molar-refractivity contribution is -0.123. The van der Waals surface area contributed by atoms with Crippen LogP contribution in [0.15, 0.2) is 59.5 Å². The normalized spacial score (nSPS) is 15.6. The number of hydrogen-bond donors (Lipinski definition) is 0. The third-order valence-electron chi connectivity index (χ3n) is 3.91. The molecule has 2 aromatic carbocycles. The first-order chi connectivity index (χ1) is 12.5. The van der Waals surface area contributed by atoms with Gasteiger partial charge in [0.1, 0.15) is 12.4 Å². The lowest BCUT2D eigenvalue weighted by Crippen LogP contribution is -2.32. The molecule has 5 nitrogen and oxygen atoms in total. The van der Waals surface area contributed by atoms with Gasteiger partial charge in [-0.25, -0.2) is 0 Å². The van der Waals surface area contributed by atoms with E-state index in [1.54, 1.807) is 6.08 Å². The molecule has 0 atom stereocenters. The molecule has 2 aromatic rings. The van der Waals surface area contributed by atoms with Crippen LogP contribution in [-0.4, -0.2) is 43.3 Å². The predicted octanol–water partition coefficient (Wildman–Crippen LogP) is 3.87. The van der Waals surface area contributed by atoms with Crippen molar-refractivity contribution in [1.82, 2.24) is 4.90 Å². The van der Waals surface area contributed by atoms with Crippen LogP contribution >= 0.6 is 11.8 Å². The number of carbonyl (C=O) groups excluding carboxylic acids is 2. The van der Waals surface area contributed by atoms with Gasteiger partial charge < -0.3 is 9.64 Å². The van der Waals surface area contributed by atoms with Crippen molar-refractivity contribution in [3.05, 3.63) is 65.1 Å². The molecular weight excluding hydrogens is 348 g/mol. The maximum absolute atomic E-state index is 12.5. The summed E-state index contributed by atoms with van der Waals surface area (Å²) in [6.45, 7) is 0.503. The van der Waals surface area contributed by atoms with E-state index in [-0.39, 0.29) is 24.3 Å². The Bertz CT molecular complexity index is 817. The van der Waals surface area contributed by atoms with E-state index in [4.69, 9.17) is 4.74 Å². The standard InChI is InChI=1S/C20H20N2O3S/c1-21(2)16-10-8-15(9-11-16)14-18-19(23)22(20(24)26-18)12-13-25-17-6-4-3-5-7-17/h3-11,14H,12-13H2,1-2H3/b18-14-. The van der Waals surface area contributed by atoms with E-state index in [2.05, 4.69) is 0 Å². The monoisotopic (exact) mass is 368 g/mol. The molecule has 0 spiro atoms. The first kappa shape index (κ1) is 18.1. The molecule has 2 amide bonds. The Balaban J connectivity index is 1.62. The van der Waals surface area contributed by atoms with E-state index in [0.29, 0.717) is 4.91 Å². The molecule has 1 saturated heterocycles. The minimum atomic E-state index is -0.270. The zero-order valence-corrected chi connectivity index (χ0v) is 15.5. The van der Waals surface area contributed by atoms with Crippen molar-refractivity contribution in [1.29, 1.82) is 0 Å². The molecule has 0 saturated carbocycles. The fourth-order valence-corrected chi connectivity index (χ4v) is 3.35. The quantitative estimate of drug-likeness (QED) is 0.725. The minimum Gasteiger partial charge on any atom is -0.492 e. The van der Waals surface area contributed by atoms with Crippen LogP contribution in [0.25, 0.3) is 6.08 Å². The maximum Gasteiger partial charge on any atom is 0.293 e. The van der Waals surface area contributed by atoms with Crippen molar-refractivity contribution in [3.63, 3.8) is 0 Å². The fraction of sp³-hybridized carbons (Fsp3) is 0.200. The van der Waals surface area contributed by atoms with Gasteiger partial charge in [-0.1, -0.05) is 30.3 Å². The summed E-state index contributed by atoms with van der Waals surface area (Å²) in [5, 5.41) is -0.261. The zero-order chi connectivity index (χ0) is 18.5. The average molecular weight is 368 g/mol. The van der Waals surface area contributed by atoms with Crippen molar-refractivity contribution >= 4 is 34.7 Å². The van der Waals surface area contributed by atoms with Crippen LogP contribution in [0.1, 0.15) is 5.56 Å². The van der Waals surface area contributed by atoms with Crippen molar-refractivity contribution in [2.45, 2.75) is 0 Å². The molecule has 0 aromatic heterocycles. The summed E-state index contributed by atoms with van der Waals surface area (Å²) in [5.74, 6) is 0.448. The lowest BCUT2D eigenvalue weighted by atomic mass is 10.2. The van der Waals surface area contributed by atoms with Crippen LogP contribution in [0.5, 0.6) is 5.75 Å². The van der Waals surface area contributed by atoms with E-state index < -0.39 is 0 Å². The van der Waals surface area contributed by atoms with Crippen LogP contribution in [0, 0.1) is 0 Å². The SMILES string of the molecule is CN(C)c1ccc(/C=C2\SC(=O)N(CCOc3ccccc3)C2=O)cc1. The van der Waals surface area contributed by atoms with Gasteiger partial charge in [0, 0.05) is 19.8 Å². The number of imide groups is 1. The number of hydrogen-bond acceptors (Lipinski definition) is 5. The van der Waals surface area contributed by atoms with Gasteiger partial charge in [0.15, 0.2) is 0 Å². The highest BCUT2D eigenvalue weighted by Crippen LogP contribution is 2.32. The molecule has 0 unspecified atom stereocenters. The molecular formula is C20H20N2O3S. The highest BCUT2D eigenvalue weighted by Gasteiger charge is 2.34. The Kier molecular flexibility index (Phi) is 5.63. The van der Waals surface area contributed by atoms with E-state index in [1.807, 2.05) is 73.6 Å². The number of ether oxygens (including phenoxy) is 1. The second kappa shape index (κ2) is 8.10. The molecule has 1 aliphatic heterocycles. The second-order valence-corrected chi connectivity index (χ2v) is 6.97. The average Bonchev–Trinajstić information content (AvgIpc) is 2.90. The van der Waals surface area contributed by atoms with Gasteiger partial charge in [-0.05, 0) is 47.7 Å². The number of nitrogens with zero attached hydrogens (tertiary/aromatic N) is 2. The molecule has 1 aliphatic rings.